The lowest BCUT2D eigenvalue weighted by Gasteiger charge is -2.09. The Labute approximate surface area is 125 Å². The maximum atomic E-state index is 11.0. The van der Waals surface area contributed by atoms with Crippen LogP contribution in [0.5, 0.6) is 11.5 Å². The number of halogens is 2. The molecule has 2 rings (SSSR count). The molecule has 0 saturated heterocycles. The molecule has 0 spiro atoms. The predicted octanol–water partition coefficient (Wildman–Crippen LogP) is 3.98. The van der Waals surface area contributed by atoms with Crippen LogP contribution in [-0.4, -0.2) is 16.2 Å². The standard InChI is InChI=1S/C14H10Cl2O4/c15-9-3-1-2-8(4-9)7-20-10-5-11(14(18)19)13(17)12(16)6-10/h1-6,17H,7H2,(H,18,19). The van der Waals surface area contributed by atoms with Gasteiger partial charge in [0.2, 0.25) is 0 Å². The molecule has 104 valence electrons. The third-order valence-corrected chi connectivity index (χ3v) is 3.09. The van der Waals surface area contributed by atoms with Crippen molar-refractivity contribution in [2.24, 2.45) is 0 Å². The monoisotopic (exact) mass is 312 g/mol. The lowest BCUT2D eigenvalue weighted by atomic mass is 10.2. The SMILES string of the molecule is O=C(O)c1cc(OCc2cccc(Cl)c2)cc(Cl)c1O. The zero-order valence-electron chi connectivity index (χ0n) is 10.1. The molecule has 6 heteroatoms. The van der Waals surface area contributed by atoms with Crippen LogP contribution in [0.4, 0.5) is 0 Å². The second-order valence-corrected chi connectivity index (χ2v) is 4.87. The second-order valence-electron chi connectivity index (χ2n) is 4.03. The first-order chi connectivity index (χ1) is 9.47. The summed E-state index contributed by atoms with van der Waals surface area (Å²) in [5.41, 5.74) is 0.525. The van der Waals surface area contributed by atoms with Crippen molar-refractivity contribution in [2.75, 3.05) is 0 Å². The minimum absolute atomic E-state index is 0.0778. The highest BCUT2D eigenvalue weighted by Crippen LogP contribution is 2.32. The molecular formula is C14H10Cl2O4. The quantitative estimate of drug-likeness (QED) is 0.896. The highest BCUT2D eigenvalue weighted by atomic mass is 35.5. The van der Waals surface area contributed by atoms with Crippen molar-refractivity contribution in [2.45, 2.75) is 6.61 Å². The van der Waals surface area contributed by atoms with E-state index in [1.807, 2.05) is 6.07 Å². The van der Waals surface area contributed by atoms with E-state index >= 15 is 0 Å². The van der Waals surface area contributed by atoms with E-state index < -0.39 is 11.7 Å². The van der Waals surface area contributed by atoms with Crippen LogP contribution in [0.3, 0.4) is 0 Å². The zero-order valence-corrected chi connectivity index (χ0v) is 11.6. The van der Waals surface area contributed by atoms with Gasteiger partial charge < -0.3 is 14.9 Å². The van der Waals surface area contributed by atoms with Crippen LogP contribution in [0, 0.1) is 0 Å². The molecule has 0 unspecified atom stereocenters. The van der Waals surface area contributed by atoms with Crippen molar-refractivity contribution < 1.29 is 19.7 Å². The molecule has 0 aliphatic heterocycles. The minimum atomic E-state index is -1.28. The number of rotatable bonds is 4. The minimum Gasteiger partial charge on any atom is -0.505 e. The fourth-order valence-electron chi connectivity index (χ4n) is 1.61. The van der Waals surface area contributed by atoms with E-state index in [1.165, 1.54) is 12.1 Å². The average molecular weight is 313 g/mol. The third kappa shape index (κ3) is 3.35. The summed E-state index contributed by atoms with van der Waals surface area (Å²) in [6.07, 6.45) is 0. The first-order valence-corrected chi connectivity index (χ1v) is 6.36. The number of phenols is 1. The molecule has 20 heavy (non-hydrogen) atoms. The molecule has 0 bridgehead atoms. The maximum absolute atomic E-state index is 11.0. The predicted molar refractivity (Wildman–Crippen MR) is 75.9 cm³/mol. The normalized spacial score (nSPS) is 10.3. The van der Waals surface area contributed by atoms with E-state index in [2.05, 4.69) is 0 Å². The number of carbonyl (C=O) groups is 1. The van der Waals surface area contributed by atoms with Gasteiger partial charge >= 0.3 is 5.97 Å². The number of benzene rings is 2. The lowest BCUT2D eigenvalue weighted by molar-refractivity contribution is 0.0693. The topological polar surface area (TPSA) is 66.8 Å². The molecule has 0 aromatic heterocycles. The molecule has 0 radical (unpaired) electrons. The van der Waals surface area contributed by atoms with Crippen LogP contribution in [0.2, 0.25) is 10.0 Å². The molecule has 2 aromatic carbocycles. The Morgan fingerprint density at radius 1 is 1.20 bits per heavy atom. The smallest absolute Gasteiger partial charge is 0.339 e. The Morgan fingerprint density at radius 3 is 2.60 bits per heavy atom. The van der Waals surface area contributed by atoms with Gasteiger partial charge in [0.1, 0.15) is 23.7 Å². The van der Waals surface area contributed by atoms with Crippen LogP contribution in [-0.2, 0) is 6.61 Å². The van der Waals surface area contributed by atoms with Crippen molar-refractivity contribution in [1.82, 2.24) is 0 Å². The van der Waals surface area contributed by atoms with Crippen molar-refractivity contribution in [3.8, 4) is 11.5 Å². The second kappa shape index (κ2) is 6.03. The molecule has 0 fully saturated rings. The number of carboxylic acids is 1. The summed E-state index contributed by atoms with van der Waals surface area (Å²) in [5.74, 6) is -1.50. The van der Waals surface area contributed by atoms with Gasteiger partial charge in [-0.25, -0.2) is 4.79 Å². The van der Waals surface area contributed by atoms with E-state index in [0.717, 1.165) is 5.56 Å². The average Bonchev–Trinajstić information content (AvgIpc) is 2.39. The Bertz CT molecular complexity index is 656. The first kappa shape index (κ1) is 14.5. The largest absolute Gasteiger partial charge is 0.505 e. The summed E-state index contributed by atoms with van der Waals surface area (Å²) in [5, 5.41) is 19.0. The number of hydrogen-bond acceptors (Lipinski definition) is 3. The zero-order chi connectivity index (χ0) is 14.7. The van der Waals surface area contributed by atoms with Gasteiger partial charge in [-0.1, -0.05) is 35.3 Å². The van der Waals surface area contributed by atoms with Crippen molar-refractivity contribution >= 4 is 29.2 Å². The molecule has 0 saturated carbocycles. The Morgan fingerprint density at radius 2 is 1.95 bits per heavy atom. The number of aromatic carboxylic acids is 1. The van der Waals surface area contributed by atoms with Crippen LogP contribution in [0.15, 0.2) is 36.4 Å². The first-order valence-electron chi connectivity index (χ1n) is 5.60. The van der Waals surface area contributed by atoms with Crippen LogP contribution < -0.4 is 4.74 Å². The van der Waals surface area contributed by atoms with Crippen LogP contribution in [0.1, 0.15) is 15.9 Å². The number of aromatic hydroxyl groups is 1. The van der Waals surface area contributed by atoms with E-state index in [9.17, 15) is 9.90 Å². The van der Waals surface area contributed by atoms with Gasteiger partial charge in [0.05, 0.1) is 5.02 Å². The maximum Gasteiger partial charge on any atom is 0.339 e. The summed E-state index contributed by atoms with van der Waals surface area (Å²) in [4.78, 5) is 11.0. The molecule has 0 atom stereocenters. The number of carboxylic acid groups (broad SMARTS) is 1. The van der Waals surface area contributed by atoms with Gasteiger partial charge in [-0.15, -0.1) is 0 Å². The van der Waals surface area contributed by atoms with E-state index in [1.54, 1.807) is 18.2 Å². The van der Waals surface area contributed by atoms with Gasteiger partial charge in [-0.3, -0.25) is 0 Å². The van der Waals surface area contributed by atoms with E-state index in [-0.39, 0.29) is 22.9 Å². The number of hydrogen-bond donors (Lipinski definition) is 2. The van der Waals surface area contributed by atoms with Crippen molar-refractivity contribution in [1.29, 1.82) is 0 Å². The van der Waals surface area contributed by atoms with Crippen molar-refractivity contribution in [3.05, 3.63) is 57.6 Å². The highest BCUT2D eigenvalue weighted by molar-refractivity contribution is 6.32. The fraction of sp³-hybridized carbons (Fsp3) is 0.0714. The Kier molecular flexibility index (Phi) is 4.37. The van der Waals surface area contributed by atoms with Gasteiger partial charge in [-0.2, -0.15) is 0 Å². The molecule has 2 aromatic rings. The van der Waals surface area contributed by atoms with Gasteiger partial charge in [0.15, 0.2) is 0 Å². The Balaban J connectivity index is 2.20. The molecular weight excluding hydrogens is 303 g/mol. The molecule has 4 nitrogen and oxygen atoms in total. The summed E-state index contributed by atoms with van der Waals surface area (Å²) in [6, 6.07) is 9.66. The van der Waals surface area contributed by atoms with Gasteiger partial charge in [0.25, 0.3) is 0 Å². The number of ether oxygens (including phenoxy) is 1. The molecule has 0 amide bonds. The molecule has 2 N–H and O–H groups in total. The molecule has 0 aliphatic carbocycles. The Hall–Kier alpha value is -1.91. The summed E-state index contributed by atoms with van der Waals surface area (Å²) in [7, 11) is 0. The van der Waals surface area contributed by atoms with Crippen molar-refractivity contribution in [3.63, 3.8) is 0 Å². The summed E-state index contributed by atoms with van der Waals surface area (Å²) < 4.78 is 5.46. The summed E-state index contributed by atoms with van der Waals surface area (Å²) >= 11 is 11.6. The summed E-state index contributed by atoms with van der Waals surface area (Å²) in [6.45, 7) is 0.209. The lowest BCUT2D eigenvalue weighted by Crippen LogP contribution is -2.00. The highest BCUT2D eigenvalue weighted by Gasteiger charge is 2.15. The van der Waals surface area contributed by atoms with E-state index in [0.29, 0.717) is 5.02 Å². The van der Waals surface area contributed by atoms with Crippen LogP contribution in [0.25, 0.3) is 0 Å². The van der Waals surface area contributed by atoms with Gasteiger partial charge in [-0.05, 0) is 23.8 Å². The van der Waals surface area contributed by atoms with Gasteiger partial charge in [0, 0.05) is 11.1 Å². The fourth-order valence-corrected chi connectivity index (χ4v) is 2.04. The molecule has 0 heterocycles. The third-order valence-electron chi connectivity index (χ3n) is 2.56. The molecule has 0 aliphatic rings. The van der Waals surface area contributed by atoms with E-state index in [4.69, 9.17) is 33.0 Å². The van der Waals surface area contributed by atoms with Crippen LogP contribution >= 0.6 is 23.2 Å².